The number of amides is 1. The molecular weight excluding hydrogens is 246 g/mol. The van der Waals surface area contributed by atoms with Crippen molar-refractivity contribution < 1.29 is 9.53 Å². The van der Waals surface area contributed by atoms with E-state index in [1.165, 1.54) is 11.3 Å². The summed E-state index contributed by atoms with van der Waals surface area (Å²) in [6.07, 6.45) is 0.107. The van der Waals surface area contributed by atoms with Gasteiger partial charge in [-0.2, -0.15) is 0 Å². The van der Waals surface area contributed by atoms with Gasteiger partial charge in [-0.3, -0.25) is 4.79 Å². The Labute approximate surface area is 104 Å². The van der Waals surface area contributed by atoms with E-state index in [1.54, 1.807) is 12.1 Å². The highest BCUT2D eigenvalue weighted by atomic mass is 35.5. The largest absolute Gasteiger partial charge is 0.375 e. The van der Waals surface area contributed by atoms with Crippen LogP contribution in [0, 0.1) is 0 Å². The second-order valence-electron chi connectivity index (χ2n) is 4.05. The second-order valence-corrected chi connectivity index (χ2v) is 5.77. The fourth-order valence-corrected chi connectivity index (χ4v) is 2.76. The smallest absolute Gasteiger partial charge is 0.264 e. The van der Waals surface area contributed by atoms with E-state index in [4.69, 9.17) is 16.3 Å². The summed E-state index contributed by atoms with van der Waals surface area (Å²) in [5, 5.41) is 0. The Morgan fingerprint density at radius 3 is 2.94 bits per heavy atom. The van der Waals surface area contributed by atoms with Crippen LogP contribution >= 0.6 is 22.9 Å². The van der Waals surface area contributed by atoms with Crippen LogP contribution in [0.4, 0.5) is 0 Å². The molecule has 5 heteroatoms. The topological polar surface area (TPSA) is 29.5 Å². The average Bonchev–Trinajstić information content (AvgIpc) is 2.67. The van der Waals surface area contributed by atoms with Crippen LogP contribution in [0.1, 0.15) is 23.5 Å². The molecule has 1 saturated heterocycles. The number of carbonyl (C=O) groups excluding carboxylic acids is 1. The fraction of sp³-hybridized carbons (Fsp3) is 0.545. The number of morpholine rings is 1. The second kappa shape index (κ2) is 4.73. The van der Waals surface area contributed by atoms with Crippen molar-refractivity contribution >= 4 is 28.8 Å². The molecule has 88 valence electrons. The molecule has 2 rings (SSSR count). The van der Waals surface area contributed by atoms with Crippen molar-refractivity contribution in [3.8, 4) is 0 Å². The van der Waals surface area contributed by atoms with Gasteiger partial charge in [-0.15, -0.1) is 11.3 Å². The molecule has 1 aromatic rings. The number of carbonyl (C=O) groups is 1. The first-order valence-corrected chi connectivity index (χ1v) is 6.45. The van der Waals surface area contributed by atoms with Gasteiger partial charge >= 0.3 is 0 Å². The van der Waals surface area contributed by atoms with E-state index < -0.39 is 0 Å². The zero-order chi connectivity index (χ0) is 11.7. The molecule has 2 heterocycles. The van der Waals surface area contributed by atoms with Gasteiger partial charge in [-0.05, 0) is 26.0 Å². The van der Waals surface area contributed by atoms with Gasteiger partial charge in [-0.1, -0.05) is 11.6 Å². The van der Waals surface area contributed by atoms with Gasteiger partial charge in [0.2, 0.25) is 0 Å². The highest BCUT2D eigenvalue weighted by molar-refractivity contribution is 7.17. The van der Waals surface area contributed by atoms with Crippen molar-refractivity contribution in [3.05, 3.63) is 21.3 Å². The third-order valence-corrected chi connectivity index (χ3v) is 3.87. The number of ether oxygens (including phenoxy) is 1. The molecule has 16 heavy (non-hydrogen) atoms. The molecule has 0 unspecified atom stereocenters. The van der Waals surface area contributed by atoms with E-state index in [0.717, 1.165) is 0 Å². The SMILES string of the molecule is C[C@@H]1CO[C@@H](C)CN1C(=O)c1ccc(Cl)s1. The molecule has 1 amide bonds. The van der Waals surface area contributed by atoms with E-state index in [0.29, 0.717) is 22.4 Å². The van der Waals surface area contributed by atoms with Gasteiger partial charge in [0.25, 0.3) is 5.91 Å². The lowest BCUT2D eigenvalue weighted by atomic mass is 10.2. The van der Waals surface area contributed by atoms with Crippen molar-refractivity contribution in [2.45, 2.75) is 26.0 Å². The standard InChI is InChI=1S/C11H14ClNO2S/c1-7-6-15-8(2)5-13(7)11(14)9-3-4-10(12)16-9/h3-4,7-8H,5-6H2,1-2H3/t7-,8+/m1/s1. The minimum Gasteiger partial charge on any atom is -0.375 e. The summed E-state index contributed by atoms with van der Waals surface area (Å²) in [7, 11) is 0. The first-order chi connectivity index (χ1) is 7.58. The molecule has 0 radical (unpaired) electrons. The van der Waals surface area contributed by atoms with Crippen LogP contribution in [0.15, 0.2) is 12.1 Å². The number of hydrogen-bond acceptors (Lipinski definition) is 3. The molecule has 1 aliphatic heterocycles. The number of nitrogens with zero attached hydrogens (tertiary/aromatic N) is 1. The number of rotatable bonds is 1. The van der Waals surface area contributed by atoms with Crippen molar-refractivity contribution in [1.29, 1.82) is 0 Å². The Hall–Kier alpha value is -0.580. The van der Waals surface area contributed by atoms with Gasteiger partial charge in [0.05, 0.1) is 28.0 Å². The summed E-state index contributed by atoms with van der Waals surface area (Å²) in [6, 6.07) is 3.67. The minimum absolute atomic E-state index is 0.0551. The first-order valence-electron chi connectivity index (χ1n) is 5.26. The molecule has 0 spiro atoms. The van der Waals surface area contributed by atoms with Gasteiger partial charge in [-0.25, -0.2) is 0 Å². The van der Waals surface area contributed by atoms with Crippen LogP contribution in [0.25, 0.3) is 0 Å². The zero-order valence-corrected chi connectivity index (χ0v) is 10.8. The van der Waals surface area contributed by atoms with E-state index >= 15 is 0 Å². The minimum atomic E-state index is 0.0551. The molecule has 0 saturated carbocycles. The molecule has 0 bridgehead atoms. The van der Waals surface area contributed by atoms with E-state index in [9.17, 15) is 4.79 Å². The van der Waals surface area contributed by atoms with E-state index in [1.807, 2.05) is 18.7 Å². The third-order valence-electron chi connectivity index (χ3n) is 2.65. The van der Waals surface area contributed by atoms with Crippen molar-refractivity contribution in [2.24, 2.45) is 0 Å². The summed E-state index contributed by atoms with van der Waals surface area (Å²) in [4.78, 5) is 14.7. The predicted octanol–water partition coefficient (Wildman–Crippen LogP) is 2.65. The summed E-state index contributed by atoms with van der Waals surface area (Å²) in [5.74, 6) is 0.0551. The molecule has 1 aliphatic rings. The first kappa shape index (κ1) is 11.9. The average molecular weight is 260 g/mol. The van der Waals surface area contributed by atoms with Crippen LogP contribution in [-0.4, -0.2) is 36.1 Å². The maximum Gasteiger partial charge on any atom is 0.264 e. The Morgan fingerprint density at radius 2 is 2.31 bits per heavy atom. The number of thiophene rings is 1. The lowest BCUT2D eigenvalue weighted by Crippen LogP contribution is -2.50. The maximum atomic E-state index is 12.2. The summed E-state index contributed by atoms with van der Waals surface area (Å²) in [5.41, 5.74) is 0. The quantitative estimate of drug-likeness (QED) is 0.776. The third kappa shape index (κ3) is 2.39. The highest BCUT2D eigenvalue weighted by Crippen LogP contribution is 2.24. The van der Waals surface area contributed by atoms with Crippen molar-refractivity contribution in [3.63, 3.8) is 0 Å². The van der Waals surface area contributed by atoms with Crippen LogP contribution in [0.5, 0.6) is 0 Å². The number of hydrogen-bond donors (Lipinski definition) is 0. The maximum absolute atomic E-state index is 12.2. The summed E-state index contributed by atoms with van der Waals surface area (Å²) >= 11 is 7.16. The lowest BCUT2D eigenvalue weighted by molar-refractivity contribution is -0.0385. The Kier molecular flexibility index (Phi) is 3.52. The Morgan fingerprint density at radius 1 is 1.56 bits per heavy atom. The molecule has 1 fully saturated rings. The van der Waals surface area contributed by atoms with Crippen LogP contribution in [-0.2, 0) is 4.74 Å². The fourth-order valence-electron chi connectivity index (χ4n) is 1.76. The summed E-state index contributed by atoms with van der Waals surface area (Å²) in [6.45, 7) is 5.23. The van der Waals surface area contributed by atoms with E-state index in [2.05, 4.69) is 0 Å². The Balaban J connectivity index is 2.14. The van der Waals surface area contributed by atoms with Crippen LogP contribution in [0.2, 0.25) is 4.34 Å². The summed E-state index contributed by atoms with van der Waals surface area (Å²) < 4.78 is 6.15. The lowest BCUT2D eigenvalue weighted by Gasteiger charge is -2.36. The molecular formula is C11H14ClNO2S. The van der Waals surface area contributed by atoms with Gasteiger partial charge in [0, 0.05) is 6.54 Å². The molecule has 3 nitrogen and oxygen atoms in total. The Bertz CT molecular complexity index is 393. The van der Waals surface area contributed by atoms with Crippen molar-refractivity contribution in [1.82, 2.24) is 4.90 Å². The molecule has 0 aliphatic carbocycles. The zero-order valence-electron chi connectivity index (χ0n) is 9.27. The van der Waals surface area contributed by atoms with Crippen LogP contribution in [0.3, 0.4) is 0 Å². The number of halogens is 1. The molecule has 0 N–H and O–H groups in total. The van der Waals surface area contributed by atoms with Gasteiger partial charge in [0.1, 0.15) is 0 Å². The van der Waals surface area contributed by atoms with Crippen molar-refractivity contribution in [2.75, 3.05) is 13.2 Å². The monoisotopic (exact) mass is 259 g/mol. The molecule has 0 aromatic carbocycles. The van der Waals surface area contributed by atoms with E-state index in [-0.39, 0.29) is 18.1 Å². The van der Waals surface area contributed by atoms with Gasteiger partial charge in [0.15, 0.2) is 0 Å². The normalized spacial score (nSPS) is 25.8. The highest BCUT2D eigenvalue weighted by Gasteiger charge is 2.28. The van der Waals surface area contributed by atoms with Gasteiger partial charge < -0.3 is 9.64 Å². The molecule has 1 aromatic heterocycles. The van der Waals surface area contributed by atoms with Crippen LogP contribution < -0.4 is 0 Å². The predicted molar refractivity (Wildman–Crippen MR) is 65.2 cm³/mol. The molecule has 2 atom stereocenters.